The number of nitrogens with one attached hydrogen (secondary N) is 2. The topological polar surface area (TPSA) is 118 Å². The summed E-state index contributed by atoms with van der Waals surface area (Å²) in [6.45, 7) is 1.77. The van der Waals surface area contributed by atoms with Crippen molar-refractivity contribution in [2.24, 2.45) is 5.41 Å². The standard InChI is InChI=1S/C26H30F2N8O3S/c27-23(28)39-19-4-1-3-17(9-19)12-35-14-26(15-35)11-20(38-16-26)10-22(37)31-25-34-33-24(40-25)30-18-6-8-36(13-18)21-5-2-7-29-32-21/h1-5,7,9,18,20,23H,6,8,10-16H2,(H,30,33)(H,31,34,37)/t18-,20?/m1/s1. The lowest BCUT2D eigenvalue weighted by molar-refractivity contribution is -0.118. The van der Waals surface area contributed by atoms with Crippen LogP contribution in [0.3, 0.4) is 0 Å². The molecule has 1 aromatic carbocycles. The maximum atomic E-state index is 12.7. The summed E-state index contributed by atoms with van der Waals surface area (Å²) < 4.78 is 35.4. The molecule has 40 heavy (non-hydrogen) atoms. The average Bonchev–Trinajstić information content (AvgIpc) is 3.65. The van der Waals surface area contributed by atoms with Crippen LogP contribution in [0.5, 0.6) is 5.75 Å². The fraction of sp³-hybridized carbons (Fsp3) is 0.500. The van der Waals surface area contributed by atoms with Crippen LogP contribution in [0.2, 0.25) is 0 Å². The highest BCUT2D eigenvalue weighted by atomic mass is 32.1. The van der Waals surface area contributed by atoms with Crippen LogP contribution in [0.15, 0.2) is 42.6 Å². The number of nitrogens with zero attached hydrogens (tertiary/aromatic N) is 6. The fourth-order valence-electron chi connectivity index (χ4n) is 5.77. The molecule has 0 radical (unpaired) electrons. The van der Waals surface area contributed by atoms with Gasteiger partial charge in [0.15, 0.2) is 5.82 Å². The van der Waals surface area contributed by atoms with Crippen LogP contribution in [-0.4, -0.2) is 82.7 Å². The van der Waals surface area contributed by atoms with Gasteiger partial charge in [-0.05, 0) is 42.7 Å². The van der Waals surface area contributed by atoms with Gasteiger partial charge in [0.25, 0.3) is 0 Å². The Morgan fingerprint density at radius 3 is 2.90 bits per heavy atom. The van der Waals surface area contributed by atoms with Gasteiger partial charge >= 0.3 is 6.61 Å². The van der Waals surface area contributed by atoms with Crippen molar-refractivity contribution in [2.75, 3.05) is 48.3 Å². The van der Waals surface area contributed by atoms with Gasteiger partial charge < -0.3 is 25.0 Å². The molecule has 2 N–H and O–H groups in total. The number of likely N-dealkylation sites (tertiary alicyclic amines) is 1. The zero-order chi connectivity index (χ0) is 27.5. The molecule has 5 heterocycles. The number of hydrogen-bond acceptors (Lipinski definition) is 11. The number of rotatable bonds is 10. The molecular formula is C26H30F2N8O3S. The zero-order valence-corrected chi connectivity index (χ0v) is 22.5. The first-order chi connectivity index (χ1) is 19.4. The van der Waals surface area contributed by atoms with Gasteiger partial charge in [-0.3, -0.25) is 9.69 Å². The van der Waals surface area contributed by atoms with Crippen LogP contribution < -0.4 is 20.3 Å². The molecule has 3 aliphatic rings. The molecule has 0 saturated carbocycles. The molecule has 14 heteroatoms. The van der Waals surface area contributed by atoms with Crippen molar-refractivity contribution in [3.8, 4) is 5.75 Å². The van der Waals surface area contributed by atoms with Gasteiger partial charge in [-0.15, -0.1) is 15.3 Å². The van der Waals surface area contributed by atoms with E-state index in [0.717, 1.165) is 50.4 Å². The summed E-state index contributed by atoms with van der Waals surface area (Å²) >= 11 is 1.31. The summed E-state index contributed by atoms with van der Waals surface area (Å²) in [5.41, 5.74) is 0.951. The Bertz CT molecular complexity index is 1310. The molecule has 212 valence electrons. The van der Waals surface area contributed by atoms with Gasteiger partial charge in [-0.1, -0.05) is 23.5 Å². The summed E-state index contributed by atoms with van der Waals surface area (Å²) in [6.07, 6.45) is 3.51. The van der Waals surface area contributed by atoms with Crippen LogP contribution in [0, 0.1) is 5.41 Å². The van der Waals surface area contributed by atoms with Gasteiger partial charge in [0, 0.05) is 50.4 Å². The van der Waals surface area contributed by atoms with E-state index in [1.807, 2.05) is 18.2 Å². The summed E-state index contributed by atoms with van der Waals surface area (Å²) in [5.74, 6) is 0.876. The molecule has 2 atom stereocenters. The largest absolute Gasteiger partial charge is 0.435 e. The molecular weight excluding hydrogens is 542 g/mol. The maximum Gasteiger partial charge on any atom is 0.387 e. The molecule has 3 aromatic rings. The lowest BCUT2D eigenvalue weighted by atomic mass is 9.77. The first-order valence-corrected chi connectivity index (χ1v) is 14.0. The summed E-state index contributed by atoms with van der Waals surface area (Å²) in [4.78, 5) is 17.1. The van der Waals surface area contributed by atoms with E-state index >= 15 is 0 Å². The van der Waals surface area contributed by atoms with Crippen molar-refractivity contribution >= 4 is 33.3 Å². The van der Waals surface area contributed by atoms with Crippen molar-refractivity contribution in [1.29, 1.82) is 0 Å². The van der Waals surface area contributed by atoms with Gasteiger partial charge in [0.2, 0.25) is 16.2 Å². The van der Waals surface area contributed by atoms with E-state index in [9.17, 15) is 13.6 Å². The Morgan fingerprint density at radius 2 is 2.08 bits per heavy atom. The molecule has 1 unspecified atom stereocenters. The number of anilines is 3. The van der Waals surface area contributed by atoms with E-state index < -0.39 is 6.61 Å². The van der Waals surface area contributed by atoms with Crippen LogP contribution in [0.4, 0.5) is 24.9 Å². The van der Waals surface area contributed by atoms with Crippen LogP contribution in [0.1, 0.15) is 24.8 Å². The molecule has 0 bridgehead atoms. The first-order valence-electron chi connectivity index (χ1n) is 13.2. The van der Waals surface area contributed by atoms with Crippen molar-refractivity contribution in [3.05, 3.63) is 48.2 Å². The van der Waals surface area contributed by atoms with E-state index in [1.54, 1.807) is 18.3 Å². The predicted octanol–water partition coefficient (Wildman–Crippen LogP) is 3.24. The van der Waals surface area contributed by atoms with Crippen LogP contribution in [-0.2, 0) is 16.1 Å². The Kier molecular flexibility index (Phi) is 7.71. The minimum atomic E-state index is -2.84. The van der Waals surface area contributed by atoms with Crippen molar-refractivity contribution in [3.63, 3.8) is 0 Å². The molecule has 2 aromatic heterocycles. The van der Waals surface area contributed by atoms with Crippen molar-refractivity contribution in [1.82, 2.24) is 25.3 Å². The predicted molar refractivity (Wildman–Crippen MR) is 145 cm³/mol. The van der Waals surface area contributed by atoms with Crippen molar-refractivity contribution in [2.45, 2.75) is 44.6 Å². The minimum Gasteiger partial charge on any atom is -0.435 e. The SMILES string of the molecule is O=C(CC1CC2(CO1)CN(Cc1cccc(OC(F)F)c1)C2)Nc1nnc(N[C@@H]2CCN(c3cccnn3)C2)s1. The summed E-state index contributed by atoms with van der Waals surface area (Å²) in [7, 11) is 0. The third-order valence-electron chi connectivity index (χ3n) is 7.42. The number of carbonyl (C=O) groups is 1. The van der Waals surface area contributed by atoms with Gasteiger partial charge in [-0.2, -0.15) is 13.9 Å². The highest BCUT2D eigenvalue weighted by Gasteiger charge is 2.49. The second-order valence-electron chi connectivity index (χ2n) is 10.6. The third-order valence-corrected chi connectivity index (χ3v) is 8.19. The van der Waals surface area contributed by atoms with E-state index in [2.05, 4.69) is 45.6 Å². The number of carbonyl (C=O) groups excluding carboxylic acids is 1. The van der Waals surface area contributed by atoms with Crippen molar-refractivity contribution < 1.29 is 23.0 Å². The third kappa shape index (κ3) is 6.45. The van der Waals surface area contributed by atoms with Gasteiger partial charge in [0.05, 0.1) is 19.1 Å². The molecule has 1 amide bonds. The molecule has 3 saturated heterocycles. The van der Waals surface area contributed by atoms with Crippen LogP contribution >= 0.6 is 11.3 Å². The highest BCUT2D eigenvalue weighted by Crippen LogP contribution is 2.42. The quantitative estimate of drug-likeness (QED) is 0.375. The van der Waals surface area contributed by atoms with E-state index in [1.165, 1.54) is 17.4 Å². The van der Waals surface area contributed by atoms with E-state index in [4.69, 9.17) is 4.74 Å². The second kappa shape index (κ2) is 11.6. The van der Waals surface area contributed by atoms with Crippen LogP contribution in [0.25, 0.3) is 0 Å². The summed E-state index contributed by atoms with van der Waals surface area (Å²) in [6, 6.07) is 10.8. The molecule has 3 aliphatic heterocycles. The smallest absolute Gasteiger partial charge is 0.387 e. The summed E-state index contributed by atoms with van der Waals surface area (Å²) in [5, 5.41) is 23.8. The Hall–Kier alpha value is -3.49. The fourth-order valence-corrected chi connectivity index (χ4v) is 6.51. The Morgan fingerprint density at radius 1 is 1.20 bits per heavy atom. The lowest BCUT2D eigenvalue weighted by Gasteiger charge is -2.47. The molecule has 6 rings (SSSR count). The molecule has 1 spiro atoms. The number of amides is 1. The highest BCUT2D eigenvalue weighted by molar-refractivity contribution is 7.19. The van der Waals surface area contributed by atoms with E-state index in [-0.39, 0.29) is 35.6 Å². The number of hydrogen-bond donors (Lipinski definition) is 2. The molecule has 11 nitrogen and oxygen atoms in total. The number of aromatic nitrogens is 4. The maximum absolute atomic E-state index is 12.7. The normalized spacial score (nSPS) is 22.0. The average molecular weight is 573 g/mol. The zero-order valence-electron chi connectivity index (χ0n) is 21.7. The van der Waals surface area contributed by atoms with Gasteiger partial charge in [-0.25, -0.2) is 0 Å². The lowest BCUT2D eigenvalue weighted by Crippen LogP contribution is -2.56. The molecule has 0 aliphatic carbocycles. The first kappa shape index (κ1) is 26.7. The number of benzene rings is 1. The monoisotopic (exact) mass is 572 g/mol. The second-order valence-corrected chi connectivity index (χ2v) is 11.6. The number of alkyl halides is 2. The number of ether oxygens (including phenoxy) is 2. The minimum absolute atomic E-state index is 0.0301. The van der Waals surface area contributed by atoms with Gasteiger partial charge in [0.1, 0.15) is 5.75 Å². The Balaban J connectivity index is 0.920. The van der Waals surface area contributed by atoms with E-state index in [0.29, 0.717) is 23.4 Å². The number of halogens is 2. The Labute approximate surface area is 233 Å². The molecule has 3 fully saturated rings.